The van der Waals surface area contributed by atoms with Gasteiger partial charge >= 0.3 is 0 Å². The summed E-state index contributed by atoms with van der Waals surface area (Å²) in [4.78, 5) is 6.49. The first-order valence-corrected chi connectivity index (χ1v) is 7.58. The molecule has 4 heteroatoms. The maximum absolute atomic E-state index is 5.94. The van der Waals surface area contributed by atoms with Crippen molar-refractivity contribution >= 4 is 5.82 Å². The Kier molecular flexibility index (Phi) is 4.18. The molecule has 1 aliphatic rings. The lowest BCUT2D eigenvalue weighted by Gasteiger charge is -2.26. The molecule has 0 spiro atoms. The number of nitrogens with zero attached hydrogens (tertiary/aromatic N) is 2. The van der Waals surface area contributed by atoms with E-state index in [1.807, 2.05) is 37.3 Å². The largest absolute Gasteiger partial charge is 0.493 e. The zero-order valence-electron chi connectivity index (χ0n) is 13.4. The third-order valence-electron chi connectivity index (χ3n) is 4.04. The van der Waals surface area contributed by atoms with Crippen molar-refractivity contribution in [3.05, 3.63) is 47.7 Å². The number of hydrogen-bond donors (Lipinski definition) is 0. The maximum Gasteiger partial charge on any atom is 0.164 e. The third-order valence-corrected chi connectivity index (χ3v) is 4.04. The van der Waals surface area contributed by atoms with Crippen molar-refractivity contribution in [2.75, 3.05) is 32.7 Å². The van der Waals surface area contributed by atoms with E-state index in [4.69, 9.17) is 9.47 Å². The summed E-state index contributed by atoms with van der Waals surface area (Å²) in [5.74, 6) is 3.20. The van der Waals surface area contributed by atoms with Gasteiger partial charge in [0.25, 0.3) is 0 Å². The van der Waals surface area contributed by atoms with Gasteiger partial charge in [-0.2, -0.15) is 0 Å². The Morgan fingerprint density at radius 2 is 2.14 bits per heavy atom. The fraction of sp³-hybridized carbons (Fsp3) is 0.389. The van der Waals surface area contributed by atoms with Gasteiger partial charge in [0.1, 0.15) is 5.82 Å². The number of hydrogen-bond acceptors (Lipinski definition) is 4. The van der Waals surface area contributed by atoms with Crippen molar-refractivity contribution in [1.29, 1.82) is 0 Å². The van der Waals surface area contributed by atoms with Crippen LogP contribution in [-0.4, -0.2) is 32.8 Å². The van der Waals surface area contributed by atoms with Crippen LogP contribution >= 0.6 is 0 Å². The highest BCUT2D eigenvalue weighted by Gasteiger charge is 2.22. The second-order valence-electron chi connectivity index (χ2n) is 5.95. The van der Waals surface area contributed by atoms with Crippen LogP contribution in [0.1, 0.15) is 11.1 Å². The molecule has 0 unspecified atom stereocenters. The molecular weight excluding hydrogens is 276 g/mol. The van der Waals surface area contributed by atoms with Gasteiger partial charge in [-0.05, 0) is 36.1 Å². The molecule has 0 bridgehead atoms. The normalized spacial score (nSPS) is 16.6. The molecule has 0 aliphatic carbocycles. The molecule has 0 saturated carbocycles. The van der Waals surface area contributed by atoms with Crippen molar-refractivity contribution in [3.63, 3.8) is 0 Å². The molecule has 0 fully saturated rings. The molecule has 1 aromatic heterocycles. The standard InChI is InChI=1S/C18H22N2O2/c1-20(2)17-8-7-13(11-19-17)9-14-10-15-5-4-6-16(21-3)18(15)22-12-14/h4-8,11,14H,9-10,12H2,1-3H3/t14-/m1/s1. The minimum Gasteiger partial charge on any atom is -0.493 e. The Labute approximate surface area is 131 Å². The molecule has 1 aromatic carbocycles. The van der Waals surface area contributed by atoms with Crippen molar-refractivity contribution in [1.82, 2.24) is 4.98 Å². The molecule has 0 radical (unpaired) electrons. The van der Waals surface area contributed by atoms with E-state index < -0.39 is 0 Å². The van der Waals surface area contributed by atoms with Crippen LogP contribution in [0.3, 0.4) is 0 Å². The Morgan fingerprint density at radius 3 is 2.82 bits per heavy atom. The Morgan fingerprint density at radius 1 is 1.27 bits per heavy atom. The lowest BCUT2D eigenvalue weighted by molar-refractivity contribution is 0.211. The lowest BCUT2D eigenvalue weighted by atomic mass is 9.91. The molecule has 0 N–H and O–H groups in total. The molecule has 1 aliphatic heterocycles. The number of aromatic nitrogens is 1. The minimum absolute atomic E-state index is 0.478. The predicted molar refractivity (Wildman–Crippen MR) is 88.0 cm³/mol. The van der Waals surface area contributed by atoms with Crippen LogP contribution in [0.25, 0.3) is 0 Å². The van der Waals surface area contributed by atoms with Crippen LogP contribution in [0.2, 0.25) is 0 Å². The van der Waals surface area contributed by atoms with Gasteiger partial charge in [-0.1, -0.05) is 18.2 Å². The summed E-state index contributed by atoms with van der Waals surface area (Å²) >= 11 is 0. The maximum atomic E-state index is 5.94. The molecule has 3 rings (SSSR count). The summed E-state index contributed by atoms with van der Waals surface area (Å²) in [5, 5.41) is 0. The van der Waals surface area contributed by atoms with Gasteiger partial charge in [-0.25, -0.2) is 4.98 Å². The fourth-order valence-electron chi connectivity index (χ4n) is 2.88. The van der Waals surface area contributed by atoms with Gasteiger partial charge < -0.3 is 14.4 Å². The first-order valence-electron chi connectivity index (χ1n) is 7.58. The summed E-state index contributed by atoms with van der Waals surface area (Å²) in [6.07, 6.45) is 3.97. The number of ether oxygens (including phenoxy) is 2. The molecule has 2 aromatic rings. The van der Waals surface area contributed by atoms with Crippen LogP contribution in [0.5, 0.6) is 11.5 Å². The second kappa shape index (κ2) is 6.26. The monoisotopic (exact) mass is 298 g/mol. The van der Waals surface area contributed by atoms with Gasteiger partial charge in [-0.15, -0.1) is 0 Å². The number of pyridine rings is 1. The number of anilines is 1. The van der Waals surface area contributed by atoms with E-state index in [9.17, 15) is 0 Å². The molecule has 1 atom stereocenters. The smallest absolute Gasteiger partial charge is 0.164 e. The quantitative estimate of drug-likeness (QED) is 0.869. The minimum atomic E-state index is 0.478. The first-order chi connectivity index (χ1) is 10.7. The average molecular weight is 298 g/mol. The topological polar surface area (TPSA) is 34.6 Å². The van der Waals surface area contributed by atoms with E-state index in [0.717, 1.165) is 36.8 Å². The van der Waals surface area contributed by atoms with Gasteiger partial charge in [0.2, 0.25) is 0 Å². The van der Waals surface area contributed by atoms with Gasteiger partial charge in [0.15, 0.2) is 11.5 Å². The van der Waals surface area contributed by atoms with Crippen molar-refractivity contribution in [2.45, 2.75) is 12.8 Å². The van der Waals surface area contributed by atoms with Crippen molar-refractivity contribution in [2.24, 2.45) is 5.92 Å². The second-order valence-corrected chi connectivity index (χ2v) is 5.95. The average Bonchev–Trinajstić information content (AvgIpc) is 2.54. The number of benzene rings is 1. The van der Waals surface area contributed by atoms with Gasteiger partial charge in [-0.3, -0.25) is 0 Å². The van der Waals surface area contributed by atoms with Crippen LogP contribution in [0.15, 0.2) is 36.5 Å². The van der Waals surface area contributed by atoms with E-state index in [2.05, 4.69) is 23.2 Å². The summed E-state index contributed by atoms with van der Waals surface area (Å²) in [5.41, 5.74) is 2.49. The van der Waals surface area contributed by atoms with Crippen LogP contribution in [0, 0.1) is 5.92 Å². The van der Waals surface area contributed by atoms with Crippen LogP contribution in [0.4, 0.5) is 5.82 Å². The van der Waals surface area contributed by atoms with Gasteiger partial charge in [0, 0.05) is 26.2 Å². The molecule has 4 nitrogen and oxygen atoms in total. The van der Waals surface area contributed by atoms with E-state index in [1.54, 1.807) is 7.11 Å². The molecule has 2 heterocycles. The molecule has 0 amide bonds. The zero-order chi connectivity index (χ0) is 15.5. The van der Waals surface area contributed by atoms with E-state index in [-0.39, 0.29) is 0 Å². The summed E-state index contributed by atoms with van der Waals surface area (Å²) in [7, 11) is 5.69. The Bertz CT molecular complexity index is 638. The van der Waals surface area contributed by atoms with Crippen LogP contribution < -0.4 is 14.4 Å². The third kappa shape index (κ3) is 3.01. The molecular formula is C18H22N2O2. The predicted octanol–water partition coefficient (Wildman–Crippen LogP) is 2.95. The fourth-order valence-corrected chi connectivity index (χ4v) is 2.88. The number of para-hydroxylation sites is 1. The molecule has 116 valence electrons. The molecule has 22 heavy (non-hydrogen) atoms. The zero-order valence-corrected chi connectivity index (χ0v) is 13.4. The molecule has 0 saturated heterocycles. The summed E-state index contributed by atoms with van der Waals surface area (Å²) in [6, 6.07) is 10.3. The Balaban J connectivity index is 1.70. The highest BCUT2D eigenvalue weighted by atomic mass is 16.5. The number of fused-ring (bicyclic) bond motifs is 1. The summed E-state index contributed by atoms with van der Waals surface area (Å²) < 4.78 is 11.3. The van der Waals surface area contributed by atoms with Gasteiger partial charge in [0.05, 0.1) is 13.7 Å². The SMILES string of the molecule is COc1cccc2c1OC[C@H](Cc1ccc(N(C)C)nc1)C2. The van der Waals surface area contributed by atoms with E-state index >= 15 is 0 Å². The van der Waals surface area contributed by atoms with Crippen molar-refractivity contribution < 1.29 is 9.47 Å². The van der Waals surface area contributed by atoms with Crippen molar-refractivity contribution in [3.8, 4) is 11.5 Å². The first kappa shape index (κ1) is 14.7. The highest BCUT2D eigenvalue weighted by molar-refractivity contribution is 5.48. The summed E-state index contributed by atoms with van der Waals surface area (Å²) in [6.45, 7) is 0.725. The van der Waals surface area contributed by atoms with Crippen LogP contribution in [-0.2, 0) is 12.8 Å². The highest BCUT2D eigenvalue weighted by Crippen LogP contribution is 2.36. The number of methoxy groups -OCH3 is 1. The van der Waals surface area contributed by atoms with E-state index in [1.165, 1.54) is 11.1 Å². The Hall–Kier alpha value is -2.23. The number of rotatable bonds is 4. The van der Waals surface area contributed by atoms with E-state index in [0.29, 0.717) is 5.92 Å². The lowest BCUT2D eigenvalue weighted by Crippen LogP contribution is -2.23.